The number of ether oxygens (including phenoxy) is 1. The van der Waals surface area contributed by atoms with Crippen LogP contribution in [0.4, 0.5) is 10.2 Å². The van der Waals surface area contributed by atoms with E-state index in [1.807, 2.05) is 32.1 Å². The molecule has 2 aromatic heterocycles. The zero-order chi connectivity index (χ0) is 19.6. The van der Waals surface area contributed by atoms with Gasteiger partial charge in [0.15, 0.2) is 16.1 Å². The summed E-state index contributed by atoms with van der Waals surface area (Å²) in [5.41, 5.74) is 0.129. The molecule has 2 heterocycles. The van der Waals surface area contributed by atoms with Crippen molar-refractivity contribution in [1.82, 2.24) is 15.0 Å². The normalized spacial score (nSPS) is 9.68. The highest BCUT2D eigenvalue weighted by atomic mass is 35.5. The molecule has 0 saturated carbocycles. The molecular formula is C15H24ClFN4O2S2. The number of fused-ring (bicyclic) bond motifs is 1. The van der Waals surface area contributed by atoms with Crippen molar-refractivity contribution in [2.24, 2.45) is 0 Å². The monoisotopic (exact) mass is 410 g/mol. The lowest BCUT2D eigenvalue weighted by Crippen LogP contribution is -2.20. The Bertz CT molecular complexity index is 680. The summed E-state index contributed by atoms with van der Waals surface area (Å²) < 4.78 is 26.2. The van der Waals surface area contributed by atoms with Crippen LogP contribution in [0.1, 0.15) is 27.2 Å². The van der Waals surface area contributed by atoms with Gasteiger partial charge in [-0.2, -0.15) is 4.98 Å². The molecular weight excluding hydrogens is 387 g/mol. The lowest BCUT2D eigenvalue weighted by atomic mass is 10.2. The van der Waals surface area contributed by atoms with Gasteiger partial charge in [-0.15, -0.1) is 0 Å². The minimum absolute atomic E-state index is 0.129. The molecule has 6 nitrogen and oxygen atoms in total. The van der Waals surface area contributed by atoms with Gasteiger partial charge >= 0.3 is 0 Å². The Morgan fingerprint density at radius 1 is 1.28 bits per heavy atom. The predicted octanol–water partition coefficient (Wildman–Crippen LogP) is 4.81. The summed E-state index contributed by atoms with van der Waals surface area (Å²) in [6, 6.07) is 0. The maximum Gasteiger partial charge on any atom is 0.228 e. The first-order valence-corrected chi connectivity index (χ1v) is 9.59. The van der Waals surface area contributed by atoms with Gasteiger partial charge in [-0.3, -0.25) is 0 Å². The molecule has 0 bridgehead atoms. The lowest BCUT2D eigenvalue weighted by Gasteiger charge is -2.20. The van der Waals surface area contributed by atoms with E-state index < -0.39 is 5.82 Å². The third-order valence-corrected chi connectivity index (χ3v) is 3.77. The number of nitrogens with zero attached hydrogens (tertiary/aromatic N) is 4. The molecule has 0 spiro atoms. The van der Waals surface area contributed by atoms with Crippen LogP contribution in [-0.4, -0.2) is 46.5 Å². The lowest BCUT2D eigenvalue weighted by molar-refractivity contribution is 0.401. The molecule has 10 heteroatoms. The summed E-state index contributed by atoms with van der Waals surface area (Å²) in [6.45, 7) is 6.83. The number of hydrogen-bond donors (Lipinski definition) is 2. The highest BCUT2D eigenvalue weighted by Crippen LogP contribution is 2.35. The fraction of sp³-hybridized carbons (Fsp3) is 0.533. The van der Waals surface area contributed by atoms with Crippen molar-refractivity contribution in [3.63, 3.8) is 0 Å². The van der Waals surface area contributed by atoms with E-state index in [2.05, 4.69) is 34.8 Å². The highest BCUT2D eigenvalue weighted by Gasteiger charge is 2.22. The van der Waals surface area contributed by atoms with E-state index >= 15 is 0 Å². The molecule has 1 N–H and O–H groups in total. The number of rotatable bonds is 5. The highest BCUT2D eigenvalue weighted by molar-refractivity contribution is 7.98. The molecule has 2 aromatic rings. The van der Waals surface area contributed by atoms with Gasteiger partial charge in [0, 0.05) is 13.6 Å². The van der Waals surface area contributed by atoms with Crippen LogP contribution in [0.3, 0.4) is 0 Å². The SMILES string of the molecule is CC.CCCN(C)c1nc(SC)nc2c(F)c(Cl)nc(OC)c12.OS. The number of pyridine rings is 1. The van der Waals surface area contributed by atoms with Gasteiger partial charge < -0.3 is 14.2 Å². The Balaban J connectivity index is 0.00000134. The summed E-state index contributed by atoms with van der Waals surface area (Å²) >= 11 is 9.68. The zero-order valence-electron chi connectivity index (χ0n) is 15.2. The number of thioether (sulfide) groups is 1. The first-order valence-electron chi connectivity index (χ1n) is 7.59. The standard InChI is InChI=1S/C13H16ClFN4OS.C2H6.H2OS/c1-5-6-19(2)11-7-9(16-13(18-11)21-4)8(15)10(14)17-12(7)20-3;2*1-2/h5-6H2,1-4H3;1-2H3;1-2H. The average Bonchev–Trinajstić information content (AvgIpc) is 2.67. The van der Waals surface area contributed by atoms with Crippen LogP contribution < -0.4 is 9.64 Å². The second-order valence-corrected chi connectivity index (χ2v) is 5.54. The number of aromatic nitrogens is 3. The molecule has 2 rings (SSSR count). The quantitative estimate of drug-likeness (QED) is 0.241. The number of methoxy groups -OCH3 is 1. The zero-order valence-corrected chi connectivity index (χ0v) is 17.6. The summed E-state index contributed by atoms with van der Waals surface area (Å²) in [7, 11) is 3.35. The fourth-order valence-electron chi connectivity index (χ4n) is 2.03. The largest absolute Gasteiger partial charge is 0.480 e. The third kappa shape index (κ3) is 5.73. The predicted molar refractivity (Wildman–Crippen MR) is 107 cm³/mol. The summed E-state index contributed by atoms with van der Waals surface area (Å²) in [5, 5.41) is 0.658. The Morgan fingerprint density at radius 2 is 1.88 bits per heavy atom. The van der Waals surface area contributed by atoms with E-state index in [1.165, 1.54) is 18.9 Å². The molecule has 0 unspecified atom stereocenters. The van der Waals surface area contributed by atoms with E-state index in [9.17, 15) is 4.39 Å². The van der Waals surface area contributed by atoms with E-state index in [-0.39, 0.29) is 16.5 Å². The third-order valence-electron chi connectivity index (χ3n) is 2.97. The molecule has 0 radical (unpaired) electrons. The number of hydrogen-bond acceptors (Lipinski definition) is 8. The smallest absolute Gasteiger partial charge is 0.228 e. The number of thiol groups is 1. The van der Waals surface area contributed by atoms with Crippen molar-refractivity contribution < 1.29 is 13.7 Å². The minimum Gasteiger partial charge on any atom is -0.480 e. The summed E-state index contributed by atoms with van der Waals surface area (Å²) in [4.78, 5) is 14.5. The van der Waals surface area contributed by atoms with Crippen LogP contribution in [0.15, 0.2) is 5.16 Å². The Hall–Kier alpha value is -1.03. The average molecular weight is 411 g/mol. The van der Waals surface area contributed by atoms with Crippen molar-refractivity contribution in [2.45, 2.75) is 32.3 Å². The van der Waals surface area contributed by atoms with Crippen molar-refractivity contribution in [1.29, 1.82) is 0 Å². The molecule has 0 aliphatic carbocycles. The maximum absolute atomic E-state index is 14.3. The van der Waals surface area contributed by atoms with Crippen LogP contribution in [0.25, 0.3) is 10.9 Å². The van der Waals surface area contributed by atoms with Crippen molar-refractivity contribution in [3.8, 4) is 5.88 Å². The van der Waals surface area contributed by atoms with E-state index in [1.54, 1.807) is 0 Å². The van der Waals surface area contributed by atoms with Gasteiger partial charge in [0.1, 0.15) is 16.7 Å². The Kier molecular flexibility index (Phi) is 11.8. The molecule has 0 fully saturated rings. The van der Waals surface area contributed by atoms with E-state index in [0.29, 0.717) is 16.4 Å². The van der Waals surface area contributed by atoms with Crippen LogP contribution >= 0.6 is 36.3 Å². The molecule has 25 heavy (non-hydrogen) atoms. The molecule has 0 aromatic carbocycles. The topological polar surface area (TPSA) is 71.4 Å². The van der Waals surface area contributed by atoms with E-state index in [4.69, 9.17) is 20.9 Å². The van der Waals surface area contributed by atoms with Gasteiger partial charge in [-0.05, 0) is 25.6 Å². The van der Waals surface area contributed by atoms with Crippen LogP contribution in [0, 0.1) is 5.82 Å². The van der Waals surface area contributed by atoms with Crippen molar-refractivity contribution >= 4 is 53.0 Å². The maximum atomic E-state index is 14.3. The van der Waals surface area contributed by atoms with E-state index in [0.717, 1.165) is 13.0 Å². The van der Waals surface area contributed by atoms with Gasteiger partial charge in [0.05, 0.1) is 7.11 Å². The molecule has 0 atom stereocenters. The minimum atomic E-state index is -0.656. The summed E-state index contributed by atoms with van der Waals surface area (Å²) in [6.07, 6.45) is 2.77. The number of halogens is 2. The van der Waals surface area contributed by atoms with Gasteiger partial charge in [0.25, 0.3) is 0 Å². The van der Waals surface area contributed by atoms with Gasteiger partial charge in [-0.25, -0.2) is 14.4 Å². The number of anilines is 1. The van der Waals surface area contributed by atoms with Gasteiger partial charge in [-0.1, -0.05) is 44.1 Å². The van der Waals surface area contributed by atoms with Gasteiger partial charge in [0.2, 0.25) is 5.88 Å². The molecule has 0 aliphatic heterocycles. The van der Waals surface area contributed by atoms with Crippen LogP contribution in [-0.2, 0) is 0 Å². The van der Waals surface area contributed by atoms with Crippen molar-refractivity contribution in [3.05, 3.63) is 11.0 Å². The van der Waals surface area contributed by atoms with Crippen LogP contribution in [0.2, 0.25) is 5.15 Å². The van der Waals surface area contributed by atoms with Crippen LogP contribution in [0.5, 0.6) is 5.88 Å². The molecule has 0 saturated heterocycles. The summed E-state index contributed by atoms with van der Waals surface area (Å²) in [5.74, 6) is 0.157. The Morgan fingerprint density at radius 3 is 2.36 bits per heavy atom. The second kappa shape index (κ2) is 12.3. The molecule has 142 valence electrons. The Labute approximate surface area is 162 Å². The first kappa shape index (κ1) is 24.0. The second-order valence-electron chi connectivity index (χ2n) is 4.40. The molecule has 0 aliphatic rings. The van der Waals surface area contributed by atoms with Crippen molar-refractivity contribution in [2.75, 3.05) is 31.9 Å². The first-order chi connectivity index (χ1) is 12.0. The molecule has 0 amide bonds. The fourth-order valence-corrected chi connectivity index (χ4v) is 2.56.